The zero-order valence-electron chi connectivity index (χ0n) is 41.7. The van der Waals surface area contributed by atoms with Gasteiger partial charge in [0.05, 0.1) is 27.7 Å². The summed E-state index contributed by atoms with van der Waals surface area (Å²) in [5.74, 6) is -0.922. The molecule has 1 unspecified atom stereocenters. The van der Waals surface area contributed by atoms with Crippen molar-refractivity contribution in [3.05, 3.63) is 72.9 Å². The highest BCUT2D eigenvalue weighted by Crippen LogP contribution is 2.38. The van der Waals surface area contributed by atoms with E-state index in [1.807, 2.05) is 21.1 Å². The van der Waals surface area contributed by atoms with Crippen LogP contribution >= 0.6 is 7.82 Å². The lowest BCUT2D eigenvalue weighted by molar-refractivity contribution is -0.870. The summed E-state index contributed by atoms with van der Waals surface area (Å²) in [5.41, 5.74) is 0. The summed E-state index contributed by atoms with van der Waals surface area (Å²) in [5, 5.41) is 0. The van der Waals surface area contributed by atoms with Gasteiger partial charge in [0.15, 0.2) is 6.10 Å². The molecule has 9 nitrogen and oxygen atoms in total. The molecule has 64 heavy (non-hydrogen) atoms. The maximum atomic E-state index is 12.7. The van der Waals surface area contributed by atoms with E-state index >= 15 is 0 Å². The molecule has 0 aromatic carbocycles. The van der Waals surface area contributed by atoms with Crippen molar-refractivity contribution in [2.75, 3.05) is 47.5 Å². The Bertz CT molecular complexity index is 1310. The van der Waals surface area contributed by atoms with Gasteiger partial charge in [-0.05, 0) is 83.5 Å². The van der Waals surface area contributed by atoms with Gasteiger partial charge < -0.3 is 27.9 Å². The van der Waals surface area contributed by atoms with Crippen LogP contribution in [0.4, 0.5) is 0 Å². The Hall–Kier alpha value is -2.55. The van der Waals surface area contributed by atoms with E-state index < -0.39 is 32.5 Å². The molecule has 0 N–H and O–H groups in total. The molecule has 0 rings (SSSR count). The molecule has 0 aliphatic heterocycles. The highest BCUT2D eigenvalue weighted by atomic mass is 31.2. The van der Waals surface area contributed by atoms with Gasteiger partial charge in [-0.1, -0.05) is 183 Å². The summed E-state index contributed by atoms with van der Waals surface area (Å²) in [6.45, 7) is 4.09. The normalized spacial score (nSPS) is 14.0. The molecule has 0 fully saturated rings. The Morgan fingerprint density at radius 1 is 0.484 bits per heavy atom. The SMILES string of the molecule is CCC/C=C/C/C=C/C/C=C/C/C=C/CCCCCC(=O)OC[C@H](COP(=O)([O-])OCC[N+](C)(C)C)OC(=O)CCC/C=C/CC/C=C/CCCCCCCCCCCCCCCC. The third-order valence-electron chi connectivity index (χ3n) is 10.7. The number of hydrogen-bond donors (Lipinski definition) is 0. The molecule has 0 aromatic rings. The van der Waals surface area contributed by atoms with Gasteiger partial charge in [0.25, 0.3) is 7.82 Å². The van der Waals surface area contributed by atoms with Crippen LogP contribution in [0.15, 0.2) is 72.9 Å². The molecular weight excluding hydrogens is 822 g/mol. The molecule has 370 valence electrons. The summed E-state index contributed by atoms with van der Waals surface area (Å²) in [6.07, 6.45) is 58.1. The number of allylic oxidation sites excluding steroid dienone is 12. The van der Waals surface area contributed by atoms with Crippen LogP contribution in [0.25, 0.3) is 0 Å². The van der Waals surface area contributed by atoms with Gasteiger partial charge in [0.2, 0.25) is 0 Å². The van der Waals surface area contributed by atoms with Gasteiger partial charge >= 0.3 is 11.9 Å². The molecule has 0 heterocycles. The van der Waals surface area contributed by atoms with E-state index in [0.29, 0.717) is 23.9 Å². The topological polar surface area (TPSA) is 111 Å². The Labute approximate surface area is 393 Å². The summed E-state index contributed by atoms with van der Waals surface area (Å²) < 4.78 is 33.9. The number of rotatable bonds is 46. The van der Waals surface area contributed by atoms with Gasteiger partial charge in [-0.2, -0.15) is 0 Å². The summed E-state index contributed by atoms with van der Waals surface area (Å²) in [4.78, 5) is 37.7. The number of unbranched alkanes of at least 4 members (excludes halogenated alkanes) is 20. The summed E-state index contributed by atoms with van der Waals surface area (Å²) in [6, 6.07) is 0. The van der Waals surface area contributed by atoms with Gasteiger partial charge in [-0.3, -0.25) is 14.2 Å². The lowest BCUT2D eigenvalue weighted by Gasteiger charge is -2.28. The maximum absolute atomic E-state index is 12.7. The maximum Gasteiger partial charge on any atom is 0.306 e. The number of quaternary nitrogens is 1. The van der Waals surface area contributed by atoms with Crippen LogP contribution in [-0.4, -0.2) is 70.0 Å². The van der Waals surface area contributed by atoms with E-state index in [4.69, 9.17) is 18.5 Å². The van der Waals surface area contributed by atoms with E-state index in [0.717, 1.165) is 70.6 Å². The Morgan fingerprint density at radius 2 is 0.906 bits per heavy atom. The zero-order valence-corrected chi connectivity index (χ0v) is 42.6. The highest BCUT2D eigenvalue weighted by molar-refractivity contribution is 7.45. The molecule has 2 atom stereocenters. The van der Waals surface area contributed by atoms with Crippen molar-refractivity contribution in [1.82, 2.24) is 0 Å². The minimum absolute atomic E-state index is 0.0462. The molecule has 0 bridgehead atoms. The minimum Gasteiger partial charge on any atom is -0.756 e. The number of phosphoric acid groups is 1. The van der Waals surface area contributed by atoms with Crippen molar-refractivity contribution >= 4 is 19.8 Å². The minimum atomic E-state index is -4.65. The molecular formula is C54H96NO8P. The van der Waals surface area contributed by atoms with Crippen molar-refractivity contribution in [2.45, 2.75) is 213 Å². The van der Waals surface area contributed by atoms with Crippen molar-refractivity contribution < 1.29 is 42.1 Å². The number of likely N-dealkylation sites (N-methyl/N-ethyl adjacent to an activating group) is 1. The second-order valence-electron chi connectivity index (χ2n) is 18.2. The monoisotopic (exact) mass is 918 g/mol. The van der Waals surface area contributed by atoms with E-state index in [9.17, 15) is 19.0 Å². The Kier molecular flexibility index (Phi) is 43.8. The number of nitrogens with zero attached hydrogens (tertiary/aromatic N) is 1. The lowest BCUT2D eigenvalue weighted by Crippen LogP contribution is -2.37. The fourth-order valence-electron chi connectivity index (χ4n) is 6.67. The van der Waals surface area contributed by atoms with Gasteiger partial charge in [0, 0.05) is 12.8 Å². The molecule has 0 saturated heterocycles. The Morgan fingerprint density at radius 3 is 1.42 bits per heavy atom. The zero-order chi connectivity index (χ0) is 47.1. The standard InChI is InChI=1S/C54H96NO8P/c1-6-8-10-12-14-16-18-20-22-24-25-26-27-28-29-31-33-35-37-39-41-43-45-47-54(57)63-52(51-62-64(58,59)61-49-48-55(3,4)5)50-60-53(56)46-44-42-40-38-36-34-32-30-23-21-19-17-15-13-11-9-7-2/h11,13,17,19,23,30-31,33-34,36,39,41,52H,6-10,12,14-16,18,20-22,24-29,32,35,37-38,40,42-51H2,1-5H3/b13-11+,19-17+,30-23+,33-31+,36-34+,41-39+/t52-/m1/s1. The van der Waals surface area contributed by atoms with Crippen LogP contribution in [-0.2, 0) is 32.7 Å². The highest BCUT2D eigenvalue weighted by Gasteiger charge is 2.21. The average molecular weight is 918 g/mol. The third-order valence-corrected chi connectivity index (χ3v) is 11.6. The number of carbonyl (C=O) groups excluding carboxylic acids is 2. The van der Waals surface area contributed by atoms with Crippen molar-refractivity contribution in [2.24, 2.45) is 0 Å². The molecule has 10 heteroatoms. The number of esters is 2. The first-order valence-corrected chi connectivity index (χ1v) is 27.1. The van der Waals surface area contributed by atoms with E-state index in [1.165, 1.54) is 96.3 Å². The summed E-state index contributed by atoms with van der Waals surface area (Å²) >= 11 is 0. The second kappa shape index (κ2) is 45.6. The van der Waals surface area contributed by atoms with E-state index in [-0.39, 0.29) is 26.1 Å². The third kappa shape index (κ3) is 48.9. The van der Waals surface area contributed by atoms with Crippen LogP contribution in [0.1, 0.15) is 206 Å². The van der Waals surface area contributed by atoms with Crippen molar-refractivity contribution in [3.63, 3.8) is 0 Å². The van der Waals surface area contributed by atoms with Crippen LogP contribution in [0.3, 0.4) is 0 Å². The molecule has 0 spiro atoms. The molecule has 0 aromatic heterocycles. The second-order valence-corrected chi connectivity index (χ2v) is 19.6. The predicted molar refractivity (Wildman–Crippen MR) is 268 cm³/mol. The molecule has 0 aliphatic rings. The quantitative estimate of drug-likeness (QED) is 0.0195. The fourth-order valence-corrected chi connectivity index (χ4v) is 7.39. The van der Waals surface area contributed by atoms with Crippen molar-refractivity contribution in [1.29, 1.82) is 0 Å². The average Bonchev–Trinajstić information content (AvgIpc) is 3.25. The summed E-state index contributed by atoms with van der Waals surface area (Å²) in [7, 11) is 1.12. The lowest BCUT2D eigenvalue weighted by atomic mass is 10.0. The fraction of sp³-hybridized carbons (Fsp3) is 0.741. The first-order valence-electron chi connectivity index (χ1n) is 25.6. The van der Waals surface area contributed by atoms with Crippen LogP contribution < -0.4 is 4.89 Å². The largest absolute Gasteiger partial charge is 0.756 e. The first kappa shape index (κ1) is 61.5. The molecule has 0 saturated carbocycles. The van der Waals surface area contributed by atoms with Crippen molar-refractivity contribution in [3.8, 4) is 0 Å². The van der Waals surface area contributed by atoms with Gasteiger partial charge in [-0.25, -0.2) is 0 Å². The molecule has 0 amide bonds. The number of phosphoric ester groups is 1. The number of ether oxygens (including phenoxy) is 2. The van der Waals surface area contributed by atoms with Crippen LogP contribution in [0, 0.1) is 0 Å². The van der Waals surface area contributed by atoms with Gasteiger partial charge in [-0.15, -0.1) is 0 Å². The van der Waals surface area contributed by atoms with Gasteiger partial charge in [0.1, 0.15) is 19.8 Å². The van der Waals surface area contributed by atoms with E-state index in [1.54, 1.807) is 0 Å². The van der Waals surface area contributed by atoms with Crippen LogP contribution in [0.2, 0.25) is 0 Å². The Balaban J connectivity index is 4.35. The number of hydrogen-bond acceptors (Lipinski definition) is 8. The molecule has 0 aliphatic carbocycles. The van der Waals surface area contributed by atoms with Crippen LogP contribution in [0.5, 0.6) is 0 Å². The predicted octanol–water partition coefficient (Wildman–Crippen LogP) is 14.7. The smallest absolute Gasteiger partial charge is 0.306 e. The number of carbonyl (C=O) groups is 2. The molecule has 0 radical (unpaired) electrons. The first-order chi connectivity index (χ1) is 31.0. The van der Waals surface area contributed by atoms with E-state index in [2.05, 4.69) is 86.8 Å².